The molecule has 2 aromatic rings. The molecular weight excluding hydrogens is 238 g/mol. The van der Waals surface area contributed by atoms with Crippen LogP contribution in [0.25, 0.3) is 0 Å². The highest BCUT2D eigenvalue weighted by atomic mass is 32.1. The van der Waals surface area contributed by atoms with Gasteiger partial charge in [0.1, 0.15) is 0 Å². The SMILES string of the molecule is Cc1ccc(CNC(c2ccccc2)C(C)C)s1. The molecule has 1 heterocycles. The van der Waals surface area contributed by atoms with Crippen LogP contribution in [0.4, 0.5) is 0 Å². The van der Waals surface area contributed by atoms with Crippen molar-refractivity contribution in [1.82, 2.24) is 5.32 Å². The first-order valence-corrected chi connectivity index (χ1v) is 7.32. The summed E-state index contributed by atoms with van der Waals surface area (Å²) in [6.07, 6.45) is 0. The van der Waals surface area contributed by atoms with E-state index in [0.717, 1.165) is 6.54 Å². The van der Waals surface area contributed by atoms with Crippen molar-refractivity contribution in [3.63, 3.8) is 0 Å². The van der Waals surface area contributed by atoms with Crippen LogP contribution in [0.15, 0.2) is 42.5 Å². The lowest BCUT2D eigenvalue weighted by molar-refractivity contribution is 0.412. The Labute approximate surface area is 114 Å². The van der Waals surface area contributed by atoms with Crippen molar-refractivity contribution in [2.75, 3.05) is 0 Å². The van der Waals surface area contributed by atoms with Gasteiger partial charge in [0.2, 0.25) is 0 Å². The van der Waals surface area contributed by atoms with Gasteiger partial charge in [-0.25, -0.2) is 0 Å². The van der Waals surface area contributed by atoms with E-state index in [1.165, 1.54) is 15.3 Å². The van der Waals surface area contributed by atoms with Crippen LogP contribution in [0.2, 0.25) is 0 Å². The lowest BCUT2D eigenvalue weighted by atomic mass is 9.96. The van der Waals surface area contributed by atoms with Crippen LogP contribution < -0.4 is 5.32 Å². The summed E-state index contributed by atoms with van der Waals surface area (Å²) in [4.78, 5) is 2.79. The van der Waals surface area contributed by atoms with Crippen molar-refractivity contribution in [3.8, 4) is 0 Å². The lowest BCUT2D eigenvalue weighted by Crippen LogP contribution is -2.24. The first kappa shape index (κ1) is 13.3. The Balaban J connectivity index is 2.03. The monoisotopic (exact) mass is 259 g/mol. The van der Waals surface area contributed by atoms with E-state index in [1.807, 2.05) is 11.3 Å². The Morgan fingerprint density at radius 3 is 2.33 bits per heavy atom. The molecule has 0 spiro atoms. The van der Waals surface area contributed by atoms with Crippen LogP contribution >= 0.6 is 11.3 Å². The summed E-state index contributed by atoms with van der Waals surface area (Å²) in [5.74, 6) is 0.591. The van der Waals surface area contributed by atoms with Gasteiger partial charge in [0.25, 0.3) is 0 Å². The van der Waals surface area contributed by atoms with Crippen LogP contribution in [0.1, 0.15) is 35.2 Å². The minimum absolute atomic E-state index is 0.425. The molecule has 0 saturated carbocycles. The van der Waals surface area contributed by atoms with Gasteiger partial charge in [-0.05, 0) is 30.5 Å². The van der Waals surface area contributed by atoms with Crippen molar-refractivity contribution >= 4 is 11.3 Å². The first-order chi connectivity index (χ1) is 8.66. The number of hydrogen-bond acceptors (Lipinski definition) is 2. The summed E-state index contributed by atoms with van der Waals surface area (Å²) in [6.45, 7) is 7.65. The van der Waals surface area contributed by atoms with Crippen LogP contribution in [0, 0.1) is 12.8 Å². The van der Waals surface area contributed by atoms with E-state index in [-0.39, 0.29) is 0 Å². The van der Waals surface area contributed by atoms with E-state index in [0.29, 0.717) is 12.0 Å². The molecule has 0 aliphatic carbocycles. The fraction of sp³-hybridized carbons (Fsp3) is 0.375. The molecule has 1 unspecified atom stereocenters. The summed E-state index contributed by atoms with van der Waals surface area (Å²) >= 11 is 1.87. The van der Waals surface area contributed by atoms with Crippen molar-refractivity contribution in [2.45, 2.75) is 33.4 Å². The first-order valence-electron chi connectivity index (χ1n) is 6.50. The molecule has 18 heavy (non-hydrogen) atoms. The standard InChI is InChI=1S/C16H21NS/c1-12(2)16(14-7-5-4-6-8-14)17-11-15-10-9-13(3)18-15/h4-10,12,16-17H,11H2,1-3H3. The van der Waals surface area contributed by atoms with E-state index >= 15 is 0 Å². The molecule has 0 radical (unpaired) electrons. The summed E-state index contributed by atoms with van der Waals surface area (Å²) in [6, 6.07) is 15.5. The van der Waals surface area contributed by atoms with E-state index in [4.69, 9.17) is 0 Å². The van der Waals surface area contributed by atoms with Crippen molar-refractivity contribution in [3.05, 3.63) is 57.8 Å². The van der Waals surface area contributed by atoms with Crippen LogP contribution in [-0.2, 0) is 6.54 Å². The zero-order valence-electron chi connectivity index (χ0n) is 11.3. The third kappa shape index (κ3) is 3.44. The van der Waals surface area contributed by atoms with Gasteiger partial charge in [0.15, 0.2) is 0 Å². The highest BCUT2D eigenvalue weighted by Crippen LogP contribution is 2.23. The van der Waals surface area contributed by atoms with Gasteiger partial charge in [-0.2, -0.15) is 0 Å². The highest BCUT2D eigenvalue weighted by Gasteiger charge is 2.14. The molecule has 0 aliphatic rings. The average molecular weight is 259 g/mol. The fourth-order valence-electron chi connectivity index (χ4n) is 2.19. The molecule has 2 rings (SSSR count). The predicted octanol–water partition coefficient (Wildman–Crippen LogP) is 4.54. The highest BCUT2D eigenvalue weighted by molar-refractivity contribution is 7.11. The molecule has 1 aromatic heterocycles. The van der Waals surface area contributed by atoms with Crippen LogP contribution in [0.3, 0.4) is 0 Å². The van der Waals surface area contributed by atoms with Gasteiger partial charge >= 0.3 is 0 Å². The van der Waals surface area contributed by atoms with Crippen LogP contribution in [-0.4, -0.2) is 0 Å². The summed E-state index contributed by atoms with van der Waals surface area (Å²) in [5, 5.41) is 3.68. The number of thiophene rings is 1. The second kappa shape index (κ2) is 6.17. The lowest BCUT2D eigenvalue weighted by Gasteiger charge is -2.22. The Morgan fingerprint density at radius 2 is 1.78 bits per heavy atom. The fourth-order valence-corrected chi connectivity index (χ4v) is 3.03. The number of rotatable bonds is 5. The van der Waals surface area contributed by atoms with Gasteiger partial charge < -0.3 is 5.32 Å². The van der Waals surface area contributed by atoms with E-state index in [2.05, 4.69) is 68.6 Å². The number of aryl methyl sites for hydroxylation is 1. The zero-order valence-corrected chi connectivity index (χ0v) is 12.1. The van der Waals surface area contributed by atoms with E-state index < -0.39 is 0 Å². The zero-order chi connectivity index (χ0) is 13.0. The Bertz CT molecular complexity index is 473. The molecule has 0 fully saturated rings. The molecule has 1 N–H and O–H groups in total. The summed E-state index contributed by atoms with van der Waals surface area (Å²) < 4.78 is 0. The predicted molar refractivity (Wildman–Crippen MR) is 79.9 cm³/mol. The Morgan fingerprint density at radius 1 is 1.06 bits per heavy atom. The largest absolute Gasteiger partial charge is 0.305 e. The molecule has 2 heteroatoms. The molecule has 0 saturated heterocycles. The average Bonchev–Trinajstić information content (AvgIpc) is 2.76. The quantitative estimate of drug-likeness (QED) is 0.831. The Hall–Kier alpha value is -1.12. The third-order valence-corrected chi connectivity index (χ3v) is 4.12. The molecular formula is C16H21NS. The minimum atomic E-state index is 0.425. The molecule has 1 aromatic carbocycles. The van der Waals surface area contributed by atoms with E-state index in [1.54, 1.807) is 0 Å². The van der Waals surface area contributed by atoms with Gasteiger partial charge in [-0.15, -0.1) is 11.3 Å². The van der Waals surface area contributed by atoms with Gasteiger partial charge in [0.05, 0.1) is 0 Å². The molecule has 0 amide bonds. The minimum Gasteiger partial charge on any atom is -0.305 e. The number of hydrogen-bond donors (Lipinski definition) is 1. The molecule has 0 aliphatic heterocycles. The molecule has 96 valence electrons. The van der Waals surface area contributed by atoms with E-state index in [9.17, 15) is 0 Å². The maximum absolute atomic E-state index is 3.68. The van der Waals surface area contributed by atoms with Crippen molar-refractivity contribution < 1.29 is 0 Å². The van der Waals surface area contributed by atoms with Crippen molar-refractivity contribution in [1.29, 1.82) is 0 Å². The second-order valence-corrected chi connectivity index (χ2v) is 6.40. The molecule has 0 bridgehead atoms. The normalized spacial score (nSPS) is 12.9. The van der Waals surface area contributed by atoms with Gasteiger partial charge in [-0.3, -0.25) is 0 Å². The second-order valence-electron chi connectivity index (χ2n) is 5.03. The topological polar surface area (TPSA) is 12.0 Å². The molecule has 1 nitrogen and oxygen atoms in total. The maximum Gasteiger partial charge on any atom is 0.0346 e. The molecule has 1 atom stereocenters. The summed E-state index contributed by atoms with van der Waals surface area (Å²) in [7, 11) is 0. The smallest absolute Gasteiger partial charge is 0.0346 e. The van der Waals surface area contributed by atoms with Gasteiger partial charge in [-0.1, -0.05) is 44.2 Å². The number of nitrogens with one attached hydrogen (secondary N) is 1. The number of benzene rings is 1. The summed E-state index contributed by atoms with van der Waals surface area (Å²) in [5.41, 5.74) is 1.38. The third-order valence-electron chi connectivity index (χ3n) is 3.12. The van der Waals surface area contributed by atoms with Gasteiger partial charge in [0, 0.05) is 22.3 Å². The van der Waals surface area contributed by atoms with Crippen molar-refractivity contribution in [2.24, 2.45) is 5.92 Å². The maximum atomic E-state index is 3.68. The van der Waals surface area contributed by atoms with Crippen LogP contribution in [0.5, 0.6) is 0 Å². The Kier molecular flexibility index (Phi) is 4.56.